The Kier molecular flexibility index (Phi) is 7.34. The zero-order chi connectivity index (χ0) is 23.2. The van der Waals surface area contributed by atoms with Crippen molar-refractivity contribution in [1.29, 1.82) is 0 Å². The Bertz CT molecular complexity index is 1140. The van der Waals surface area contributed by atoms with E-state index in [1.54, 1.807) is 13.0 Å². The summed E-state index contributed by atoms with van der Waals surface area (Å²) in [6, 6.07) is 18.0. The highest BCUT2D eigenvalue weighted by molar-refractivity contribution is 5.94. The van der Waals surface area contributed by atoms with Crippen molar-refractivity contribution in [2.45, 2.75) is 46.0 Å². The Balaban J connectivity index is 1.30. The molecule has 0 bridgehead atoms. The van der Waals surface area contributed by atoms with Gasteiger partial charge in [-0.2, -0.15) is 0 Å². The fourth-order valence-corrected chi connectivity index (χ4v) is 4.97. The van der Waals surface area contributed by atoms with E-state index in [2.05, 4.69) is 67.6 Å². The summed E-state index contributed by atoms with van der Waals surface area (Å²) in [7, 11) is 0. The molecule has 0 aliphatic heterocycles. The molecule has 2 unspecified atom stereocenters. The average Bonchev–Trinajstić information content (AvgIpc) is 3.45. The van der Waals surface area contributed by atoms with Crippen molar-refractivity contribution in [3.63, 3.8) is 0 Å². The van der Waals surface area contributed by atoms with Crippen LogP contribution in [0.2, 0.25) is 0 Å². The maximum atomic E-state index is 12.6. The normalized spacial score (nSPS) is 19.3. The van der Waals surface area contributed by atoms with Gasteiger partial charge < -0.3 is 0 Å². The van der Waals surface area contributed by atoms with Gasteiger partial charge in [-0.1, -0.05) is 97.0 Å². The van der Waals surface area contributed by atoms with Crippen LogP contribution >= 0.6 is 0 Å². The predicted octanol–water partition coefficient (Wildman–Crippen LogP) is 7.33. The number of Topliss-reactive ketones (excluding diaryl/α,β-unsaturated/α-hetero) is 2. The smallest absolute Gasteiger partial charge is 0.159 e. The zero-order valence-electron chi connectivity index (χ0n) is 19.6. The summed E-state index contributed by atoms with van der Waals surface area (Å²) in [4.78, 5) is 24.2. The van der Waals surface area contributed by atoms with Crippen LogP contribution in [0.1, 0.15) is 61.0 Å². The lowest BCUT2D eigenvalue weighted by atomic mass is 9.85. The number of carbonyl (C=O) groups excluding carboxylic acids is 2. The summed E-state index contributed by atoms with van der Waals surface area (Å²) < 4.78 is 0. The van der Waals surface area contributed by atoms with Crippen LogP contribution in [0.4, 0.5) is 0 Å². The third kappa shape index (κ3) is 5.76. The van der Waals surface area contributed by atoms with Gasteiger partial charge in [0.1, 0.15) is 5.78 Å². The average molecular weight is 437 g/mol. The highest BCUT2D eigenvalue weighted by atomic mass is 16.1. The number of allylic oxidation sites excluding steroid dienone is 8. The first-order valence-corrected chi connectivity index (χ1v) is 12.0. The molecular weight excluding hydrogens is 404 g/mol. The van der Waals surface area contributed by atoms with Crippen LogP contribution in [0.15, 0.2) is 96.1 Å². The van der Waals surface area contributed by atoms with Crippen molar-refractivity contribution in [2.75, 3.05) is 0 Å². The molecule has 168 valence electrons. The summed E-state index contributed by atoms with van der Waals surface area (Å²) in [5.74, 6) is 1.14. The fraction of sp³-hybridized carbons (Fsp3) is 0.290. The van der Waals surface area contributed by atoms with Gasteiger partial charge in [0.2, 0.25) is 0 Å². The second-order valence-corrected chi connectivity index (χ2v) is 9.13. The second-order valence-electron chi connectivity index (χ2n) is 9.13. The SMILES string of the molecule is CCC1C(CCC(=O)Cc2cccc(C(C)=O)c2)=CC=C1CC1C=CC(c2ccccc2)=C1. The van der Waals surface area contributed by atoms with E-state index >= 15 is 0 Å². The molecule has 2 aliphatic rings. The van der Waals surface area contributed by atoms with Crippen molar-refractivity contribution in [3.05, 3.63) is 113 Å². The molecular formula is C31H32O2. The molecule has 0 amide bonds. The maximum absolute atomic E-state index is 12.6. The highest BCUT2D eigenvalue weighted by Gasteiger charge is 2.24. The van der Waals surface area contributed by atoms with Crippen LogP contribution in [0, 0.1) is 11.8 Å². The Morgan fingerprint density at radius 3 is 2.48 bits per heavy atom. The Hall–Kier alpha value is -3.26. The monoisotopic (exact) mass is 436 g/mol. The van der Waals surface area contributed by atoms with Gasteiger partial charge in [0.15, 0.2) is 5.78 Å². The highest BCUT2D eigenvalue weighted by Crippen LogP contribution is 2.38. The molecule has 0 spiro atoms. The molecule has 2 atom stereocenters. The van der Waals surface area contributed by atoms with Crippen molar-refractivity contribution in [3.8, 4) is 0 Å². The molecule has 2 aromatic rings. The van der Waals surface area contributed by atoms with Crippen LogP contribution in [0.25, 0.3) is 5.57 Å². The topological polar surface area (TPSA) is 34.1 Å². The third-order valence-corrected chi connectivity index (χ3v) is 6.74. The van der Waals surface area contributed by atoms with E-state index in [1.165, 1.54) is 22.3 Å². The lowest BCUT2D eigenvalue weighted by molar-refractivity contribution is -0.118. The van der Waals surface area contributed by atoms with Gasteiger partial charge in [0.25, 0.3) is 0 Å². The van der Waals surface area contributed by atoms with E-state index in [4.69, 9.17) is 0 Å². The summed E-state index contributed by atoms with van der Waals surface area (Å²) >= 11 is 0. The number of rotatable bonds is 10. The number of carbonyl (C=O) groups is 2. The minimum absolute atomic E-state index is 0.0349. The first-order chi connectivity index (χ1) is 16.0. The molecule has 33 heavy (non-hydrogen) atoms. The number of hydrogen-bond donors (Lipinski definition) is 0. The lowest BCUT2D eigenvalue weighted by Gasteiger charge is -2.19. The van der Waals surface area contributed by atoms with E-state index in [0.717, 1.165) is 24.8 Å². The van der Waals surface area contributed by atoms with Crippen LogP contribution < -0.4 is 0 Å². The third-order valence-electron chi connectivity index (χ3n) is 6.74. The van der Waals surface area contributed by atoms with E-state index in [1.807, 2.05) is 18.2 Å². The molecule has 0 saturated carbocycles. The van der Waals surface area contributed by atoms with E-state index in [0.29, 0.717) is 30.2 Å². The molecule has 0 radical (unpaired) electrons. The molecule has 0 N–H and O–H groups in total. The molecule has 0 saturated heterocycles. The number of hydrogen-bond acceptors (Lipinski definition) is 2. The molecule has 2 aromatic carbocycles. The fourth-order valence-electron chi connectivity index (χ4n) is 4.97. The summed E-state index contributed by atoms with van der Waals surface area (Å²) in [5.41, 5.74) is 7.04. The zero-order valence-corrected chi connectivity index (χ0v) is 19.6. The molecule has 2 nitrogen and oxygen atoms in total. The Morgan fingerprint density at radius 2 is 1.73 bits per heavy atom. The minimum atomic E-state index is 0.0349. The molecule has 4 rings (SSSR count). The van der Waals surface area contributed by atoms with Crippen LogP contribution in [-0.2, 0) is 11.2 Å². The van der Waals surface area contributed by atoms with E-state index < -0.39 is 0 Å². The Morgan fingerprint density at radius 1 is 0.939 bits per heavy atom. The van der Waals surface area contributed by atoms with Crippen molar-refractivity contribution >= 4 is 17.1 Å². The summed E-state index contributed by atoms with van der Waals surface area (Å²) in [6.45, 7) is 3.80. The summed E-state index contributed by atoms with van der Waals surface area (Å²) in [5, 5.41) is 0. The van der Waals surface area contributed by atoms with Gasteiger partial charge in [-0.05, 0) is 54.9 Å². The van der Waals surface area contributed by atoms with E-state index in [9.17, 15) is 9.59 Å². The lowest BCUT2D eigenvalue weighted by Crippen LogP contribution is -2.09. The number of benzene rings is 2. The second kappa shape index (κ2) is 10.6. The largest absolute Gasteiger partial charge is 0.299 e. The molecule has 0 heterocycles. The van der Waals surface area contributed by atoms with Gasteiger partial charge in [0.05, 0.1) is 0 Å². The number of ketones is 2. The van der Waals surface area contributed by atoms with Crippen molar-refractivity contribution < 1.29 is 9.59 Å². The van der Waals surface area contributed by atoms with Crippen LogP contribution in [-0.4, -0.2) is 11.6 Å². The van der Waals surface area contributed by atoms with Gasteiger partial charge in [-0.25, -0.2) is 0 Å². The molecule has 0 fully saturated rings. The van der Waals surface area contributed by atoms with Gasteiger partial charge in [0, 0.05) is 24.3 Å². The minimum Gasteiger partial charge on any atom is -0.299 e. The summed E-state index contributed by atoms with van der Waals surface area (Å²) in [6.07, 6.45) is 15.3. The maximum Gasteiger partial charge on any atom is 0.159 e. The Labute approximate surface area is 197 Å². The molecule has 0 aromatic heterocycles. The van der Waals surface area contributed by atoms with Crippen molar-refractivity contribution in [1.82, 2.24) is 0 Å². The molecule has 2 aliphatic carbocycles. The molecule has 2 heteroatoms. The van der Waals surface area contributed by atoms with Gasteiger partial charge in [-0.15, -0.1) is 0 Å². The first-order valence-electron chi connectivity index (χ1n) is 12.0. The van der Waals surface area contributed by atoms with Crippen molar-refractivity contribution in [2.24, 2.45) is 11.8 Å². The van der Waals surface area contributed by atoms with Crippen LogP contribution in [0.3, 0.4) is 0 Å². The van der Waals surface area contributed by atoms with Gasteiger partial charge >= 0.3 is 0 Å². The van der Waals surface area contributed by atoms with Gasteiger partial charge in [-0.3, -0.25) is 9.59 Å². The first kappa shape index (κ1) is 22.9. The quantitative estimate of drug-likeness (QED) is 0.365. The standard InChI is InChI=1S/C31H32O2/c1-3-31-26(16-17-30(33)21-23-8-7-11-27(18-23)22(2)32)14-15-29(31)20-24-12-13-28(19-24)25-9-5-4-6-10-25/h4-15,18-19,24,31H,3,16-17,20-21H2,1-2H3. The van der Waals surface area contributed by atoms with Crippen LogP contribution in [0.5, 0.6) is 0 Å². The van der Waals surface area contributed by atoms with E-state index in [-0.39, 0.29) is 11.6 Å². The predicted molar refractivity (Wildman–Crippen MR) is 136 cm³/mol.